The average Bonchev–Trinajstić information content (AvgIpc) is 2.69. The van der Waals surface area contributed by atoms with Gasteiger partial charge < -0.3 is 0 Å². The Balaban J connectivity index is 1.74. The van der Waals surface area contributed by atoms with Gasteiger partial charge in [0.25, 0.3) is 0 Å². The number of aromatic nitrogens is 2. The molecule has 1 N–H and O–H groups in total. The normalized spacial score (nSPS) is 11.0. The zero-order valence-electron chi connectivity index (χ0n) is 13.5. The summed E-state index contributed by atoms with van der Waals surface area (Å²) in [4.78, 5) is 9.47. The molecule has 4 rings (SSSR count). The van der Waals surface area contributed by atoms with E-state index in [1.807, 2.05) is 84.9 Å². The number of hydrazone groups is 1. The predicted molar refractivity (Wildman–Crippen MR) is 103 cm³/mol. The zero-order valence-corrected chi connectivity index (χ0v) is 13.5. The van der Waals surface area contributed by atoms with E-state index in [0.29, 0.717) is 5.82 Å². The third kappa shape index (κ3) is 3.38. The standard InChI is InChI=1S/C21H16N4/c1-3-9-16(10-4-1)15-22-25-21-20(17-11-5-2-6-12-17)23-18-13-7-8-14-19(18)24-21/h1-15H,(H,24,25)/b22-15+. The average molecular weight is 324 g/mol. The first kappa shape index (κ1) is 15.0. The molecule has 0 saturated carbocycles. The van der Waals surface area contributed by atoms with Crippen LogP contribution in [-0.2, 0) is 0 Å². The van der Waals surface area contributed by atoms with Gasteiger partial charge in [-0.15, -0.1) is 0 Å². The van der Waals surface area contributed by atoms with E-state index >= 15 is 0 Å². The second-order valence-electron chi connectivity index (χ2n) is 5.56. The van der Waals surface area contributed by atoms with E-state index in [1.165, 1.54) is 0 Å². The van der Waals surface area contributed by atoms with E-state index < -0.39 is 0 Å². The minimum atomic E-state index is 0.636. The predicted octanol–water partition coefficient (Wildman–Crippen LogP) is 4.74. The van der Waals surface area contributed by atoms with Crippen molar-refractivity contribution < 1.29 is 0 Å². The highest BCUT2D eigenvalue weighted by Crippen LogP contribution is 2.26. The lowest BCUT2D eigenvalue weighted by atomic mass is 10.1. The molecule has 0 bridgehead atoms. The fourth-order valence-corrected chi connectivity index (χ4v) is 2.58. The summed E-state index contributed by atoms with van der Waals surface area (Å²) in [7, 11) is 0. The van der Waals surface area contributed by atoms with Crippen LogP contribution in [-0.4, -0.2) is 16.2 Å². The maximum Gasteiger partial charge on any atom is 0.173 e. The molecule has 0 radical (unpaired) electrons. The Morgan fingerprint density at radius 2 is 1.28 bits per heavy atom. The molecule has 0 unspecified atom stereocenters. The van der Waals surface area contributed by atoms with Crippen molar-refractivity contribution in [3.8, 4) is 11.3 Å². The monoisotopic (exact) mass is 324 g/mol. The minimum absolute atomic E-state index is 0.636. The number of hydrogen-bond donors (Lipinski definition) is 1. The number of hydrogen-bond acceptors (Lipinski definition) is 4. The molecule has 0 aliphatic rings. The second-order valence-corrected chi connectivity index (χ2v) is 5.56. The smallest absolute Gasteiger partial charge is 0.173 e. The van der Waals surface area contributed by atoms with Crippen molar-refractivity contribution in [3.63, 3.8) is 0 Å². The molecule has 4 heteroatoms. The van der Waals surface area contributed by atoms with Crippen molar-refractivity contribution >= 4 is 23.1 Å². The molecule has 0 fully saturated rings. The summed E-state index contributed by atoms with van der Waals surface area (Å²) in [5.74, 6) is 0.636. The minimum Gasteiger partial charge on any atom is -0.260 e. The molecule has 4 aromatic rings. The molecule has 0 spiro atoms. The molecule has 0 saturated heterocycles. The molecule has 0 aliphatic heterocycles. The SMILES string of the molecule is C(=N\Nc1nc2ccccc2nc1-c1ccccc1)/c1ccccc1. The van der Waals surface area contributed by atoms with Crippen LogP contribution in [0.25, 0.3) is 22.3 Å². The van der Waals surface area contributed by atoms with Gasteiger partial charge in [0.15, 0.2) is 5.82 Å². The van der Waals surface area contributed by atoms with Crippen molar-refractivity contribution in [1.82, 2.24) is 9.97 Å². The Kier molecular flexibility index (Phi) is 4.16. The van der Waals surface area contributed by atoms with Gasteiger partial charge >= 0.3 is 0 Å². The van der Waals surface area contributed by atoms with E-state index in [-0.39, 0.29) is 0 Å². The first-order valence-electron chi connectivity index (χ1n) is 8.06. The summed E-state index contributed by atoms with van der Waals surface area (Å²) in [5.41, 5.74) is 7.54. The summed E-state index contributed by atoms with van der Waals surface area (Å²) in [6.07, 6.45) is 1.77. The summed E-state index contributed by atoms with van der Waals surface area (Å²) in [6.45, 7) is 0. The van der Waals surface area contributed by atoms with E-state index in [0.717, 1.165) is 27.9 Å². The molecule has 0 atom stereocenters. The van der Waals surface area contributed by atoms with Crippen LogP contribution in [0.4, 0.5) is 5.82 Å². The third-order valence-electron chi connectivity index (χ3n) is 3.80. The Morgan fingerprint density at radius 1 is 0.680 bits per heavy atom. The van der Waals surface area contributed by atoms with E-state index in [1.54, 1.807) is 6.21 Å². The van der Waals surface area contributed by atoms with E-state index in [4.69, 9.17) is 9.97 Å². The first-order chi connectivity index (χ1) is 12.4. The number of para-hydroxylation sites is 2. The van der Waals surface area contributed by atoms with Gasteiger partial charge in [0.1, 0.15) is 5.69 Å². The van der Waals surface area contributed by atoms with Crippen LogP contribution in [0.5, 0.6) is 0 Å². The lowest BCUT2D eigenvalue weighted by Crippen LogP contribution is -2.00. The maximum absolute atomic E-state index is 4.77. The fourth-order valence-electron chi connectivity index (χ4n) is 2.58. The molecule has 120 valence electrons. The quantitative estimate of drug-likeness (QED) is 0.435. The Hall–Kier alpha value is -3.53. The van der Waals surface area contributed by atoms with E-state index in [2.05, 4.69) is 10.5 Å². The van der Waals surface area contributed by atoms with Gasteiger partial charge in [0.2, 0.25) is 0 Å². The molecule has 4 nitrogen and oxygen atoms in total. The van der Waals surface area contributed by atoms with E-state index in [9.17, 15) is 0 Å². The number of nitrogens with zero attached hydrogens (tertiary/aromatic N) is 3. The summed E-state index contributed by atoms with van der Waals surface area (Å²) < 4.78 is 0. The van der Waals surface area contributed by atoms with Gasteiger partial charge in [-0.3, -0.25) is 5.43 Å². The van der Waals surface area contributed by atoms with Gasteiger partial charge in [-0.1, -0.05) is 72.8 Å². The van der Waals surface area contributed by atoms with Gasteiger partial charge in [-0.25, -0.2) is 9.97 Å². The molecule has 1 heterocycles. The van der Waals surface area contributed by atoms with Crippen LogP contribution >= 0.6 is 0 Å². The van der Waals surface area contributed by atoms with Crippen LogP contribution in [0, 0.1) is 0 Å². The van der Waals surface area contributed by atoms with Crippen molar-refractivity contribution in [2.24, 2.45) is 5.10 Å². The topological polar surface area (TPSA) is 50.2 Å². The first-order valence-corrected chi connectivity index (χ1v) is 8.06. The highest BCUT2D eigenvalue weighted by atomic mass is 15.3. The number of rotatable bonds is 4. The highest BCUT2D eigenvalue weighted by molar-refractivity contribution is 5.84. The molecule has 3 aromatic carbocycles. The molecule has 25 heavy (non-hydrogen) atoms. The summed E-state index contributed by atoms with van der Waals surface area (Å²) >= 11 is 0. The van der Waals surface area contributed by atoms with Crippen LogP contribution < -0.4 is 5.43 Å². The molecule has 0 amide bonds. The number of anilines is 1. The van der Waals surface area contributed by atoms with Gasteiger partial charge in [-0.2, -0.15) is 5.10 Å². The zero-order chi connectivity index (χ0) is 16.9. The largest absolute Gasteiger partial charge is 0.260 e. The van der Waals surface area contributed by atoms with Crippen LogP contribution in [0.2, 0.25) is 0 Å². The summed E-state index contributed by atoms with van der Waals surface area (Å²) in [5, 5.41) is 4.33. The summed E-state index contributed by atoms with van der Waals surface area (Å²) in [6, 6.07) is 27.8. The van der Waals surface area contributed by atoms with Crippen molar-refractivity contribution in [2.75, 3.05) is 5.43 Å². The fraction of sp³-hybridized carbons (Fsp3) is 0. The maximum atomic E-state index is 4.77. The lowest BCUT2D eigenvalue weighted by Gasteiger charge is -2.09. The third-order valence-corrected chi connectivity index (χ3v) is 3.80. The number of fused-ring (bicyclic) bond motifs is 1. The molecule has 0 aliphatic carbocycles. The number of nitrogens with one attached hydrogen (secondary N) is 1. The van der Waals surface area contributed by atoms with Crippen LogP contribution in [0.1, 0.15) is 5.56 Å². The molecular formula is C21H16N4. The Labute approximate surface area is 145 Å². The Bertz CT molecular complexity index is 1010. The van der Waals surface area contributed by atoms with Gasteiger partial charge in [-0.05, 0) is 17.7 Å². The molecular weight excluding hydrogens is 308 g/mol. The van der Waals surface area contributed by atoms with Gasteiger partial charge in [0, 0.05) is 5.56 Å². The lowest BCUT2D eigenvalue weighted by molar-refractivity contribution is 1.22. The van der Waals surface area contributed by atoms with Crippen molar-refractivity contribution in [3.05, 3.63) is 90.5 Å². The highest BCUT2D eigenvalue weighted by Gasteiger charge is 2.10. The van der Waals surface area contributed by atoms with Gasteiger partial charge in [0.05, 0.1) is 17.2 Å². The van der Waals surface area contributed by atoms with Crippen molar-refractivity contribution in [1.29, 1.82) is 0 Å². The Morgan fingerprint density at radius 3 is 2.00 bits per heavy atom. The second kappa shape index (κ2) is 6.93. The van der Waals surface area contributed by atoms with Crippen LogP contribution in [0.3, 0.4) is 0 Å². The number of benzene rings is 3. The van der Waals surface area contributed by atoms with Crippen molar-refractivity contribution in [2.45, 2.75) is 0 Å². The molecule has 1 aromatic heterocycles. The van der Waals surface area contributed by atoms with Crippen LogP contribution in [0.15, 0.2) is 90.0 Å².